The standard InChI is InChI=1S/C18H21N5O3/c24-17(25)5-8-20-18(26)14-1-2-16(21-13-14)23-11-9-22(10-12-23)15-3-6-19-7-4-15/h1-4,6-7,13H,5,8-12H2,(H,20,26)(H,24,25). The van der Waals surface area contributed by atoms with Crippen LogP contribution in [0.4, 0.5) is 11.5 Å². The smallest absolute Gasteiger partial charge is 0.305 e. The fourth-order valence-corrected chi connectivity index (χ4v) is 2.84. The quantitative estimate of drug-likeness (QED) is 0.798. The minimum atomic E-state index is -0.940. The molecule has 0 aromatic carbocycles. The predicted octanol–water partition coefficient (Wildman–Crippen LogP) is 1.01. The van der Waals surface area contributed by atoms with Crippen molar-refractivity contribution < 1.29 is 14.7 Å². The summed E-state index contributed by atoms with van der Waals surface area (Å²) in [6.45, 7) is 3.58. The van der Waals surface area contributed by atoms with Crippen LogP contribution in [-0.2, 0) is 4.79 Å². The molecule has 1 aliphatic heterocycles. The molecule has 0 atom stereocenters. The Morgan fingerprint density at radius 1 is 1.04 bits per heavy atom. The van der Waals surface area contributed by atoms with Gasteiger partial charge in [0.05, 0.1) is 12.0 Å². The molecule has 2 N–H and O–H groups in total. The molecule has 2 aromatic rings. The van der Waals surface area contributed by atoms with Crippen LogP contribution in [0.25, 0.3) is 0 Å². The monoisotopic (exact) mass is 355 g/mol. The van der Waals surface area contributed by atoms with Gasteiger partial charge in [-0.15, -0.1) is 0 Å². The molecule has 3 heterocycles. The number of anilines is 2. The molecule has 0 radical (unpaired) electrons. The summed E-state index contributed by atoms with van der Waals surface area (Å²) in [7, 11) is 0. The van der Waals surface area contributed by atoms with Gasteiger partial charge in [-0.3, -0.25) is 14.6 Å². The molecule has 1 fully saturated rings. The maximum absolute atomic E-state index is 11.9. The van der Waals surface area contributed by atoms with Crippen molar-refractivity contribution in [3.63, 3.8) is 0 Å². The van der Waals surface area contributed by atoms with E-state index in [0.717, 1.165) is 32.0 Å². The highest BCUT2D eigenvalue weighted by Crippen LogP contribution is 2.18. The van der Waals surface area contributed by atoms with Gasteiger partial charge in [-0.2, -0.15) is 0 Å². The number of aromatic nitrogens is 2. The van der Waals surface area contributed by atoms with E-state index < -0.39 is 5.97 Å². The lowest BCUT2D eigenvalue weighted by Gasteiger charge is -2.36. The number of aliphatic carboxylic acids is 1. The zero-order chi connectivity index (χ0) is 18.4. The van der Waals surface area contributed by atoms with Gasteiger partial charge in [0.25, 0.3) is 5.91 Å². The van der Waals surface area contributed by atoms with Crippen LogP contribution in [0.2, 0.25) is 0 Å². The molecule has 26 heavy (non-hydrogen) atoms. The SMILES string of the molecule is O=C(O)CCNC(=O)c1ccc(N2CCN(c3ccncc3)CC2)nc1. The zero-order valence-electron chi connectivity index (χ0n) is 14.3. The number of rotatable bonds is 6. The fourth-order valence-electron chi connectivity index (χ4n) is 2.84. The summed E-state index contributed by atoms with van der Waals surface area (Å²) in [6, 6.07) is 7.55. The Hall–Kier alpha value is -3.16. The highest BCUT2D eigenvalue weighted by molar-refractivity contribution is 5.94. The van der Waals surface area contributed by atoms with Crippen molar-refractivity contribution >= 4 is 23.4 Å². The summed E-state index contributed by atoms with van der Waals surface area (Å²) in [5.74, 6) is -0.418. The van der Waals surface area contributed by atoms with Gasteiger partial charge in [0.2, 0.25) is 0 Å². The Labute approximate surface area is 151 Å². The summed E-state index contributed by atoms with van der Waals surface area (Å²) in [5.41, 5.74) is 1.59. The first kappa shape index (κ1) is 17.7. The van der Waals surface area contributed by atoms with Gasteiger partial charge in [0, 0.05) is 57.0 Å². The number of carbonyl (C=O) groups excluding carboxylic acids is 1. The number of piperazine rings is 1. The van der Waals surface area contributed by atoms with E-state index >= 15 is 0 Å². The summed E-state index contributed by atoms with van der Waals surface area (Å²) in [5, 5.41) is 11.2. The van der Waals surface area contributed by atoms with Crippen LogP contribution in [0.15, 0.2) is 42.9 Å². The van der Waals surface area contributed by atoms with E-state index in [1.54, 1.807) is 18.5 Å². The highest BCUT2D eigenvalue weighted by Gasteiger charge is 2.18. The first-order chi connectivity index (χ1) is 12.6. The molecule has 8 nitrogen and oxygen atoms in total. The molecule has 136 valence electrons. The van der Waals surface area contributed by atoms with Crippen molar-refractivity contribution in [2.75, 3.05) is 42.5 Å². The van der Waals surface area contributed by atoms with E-state index in [0.29, 0.717) is 5.56 Å². The van der Waals surface area contributed by atoms with E-state index in [1.807, 2.05) is 18.2 Å². The van der Waals surface area contributed by atoms with Crippen LogP contribution in [0, 0.1) is 0 Å². The lowest BCUT2D eigenvalue weighted by Crippen LogP contribution is -2.46. The second-order valence-electron chi connectivity index (χ2n) is 5.98. The zero-order valence-corrected chi connectivity index (χ0v) is 14.3. The number of carboxylic acids is 1. The number of nitrogens with one attached hydrogen (secondary N) is 1. The molecule has 2 aromatic heterocycles. The minimum Gasteiger partial charge on any atom is -0.481 e. The van der Waals surface area contributed by atoms with Crippen LogP contribution >= 0.6 is 0 Å². The van der Waals surface area contributed by atoms with E-state index in [9.17, 15) is 9.59 Å². The van der Waals surface area contributed by atoms with Crippen LogP contribution in [-0.4, -0.2) is 59.7 Å². The van der Waals surface area contributed by atoms with E-state index in [-0.39, 0.29) is 18.9 Å². The van der Waals surface area contributed by atoms with Gasteiger partial charge >= 0.3 is 5.97 Å². The molecule has 0 saturated carbocycles. The normalized spacial score (nSPS) is 14.2. The van der Waals surface area contributed by atoms with Gasteiger partial charge in [-0.05, 0) is 24.3 Å². The van der Waals surface area contributed by atoms with E-state index in [4.69, 9.17) is 5.11 Å². The molecule has 0 aliphatic carbocycles. The Balaban J connectivity index is 1.53. The summed E-state index contributed by atoms with van der Waals surface area (Å²) >= 11 is 0. The Kier molecular flexibility index (Phi) is 5.62. The number of carboxylic acid groups (broad SMARTS) is 1. The van der Waals surface area contributed by atoms with Crippen molar-refractivity contribution in [3.8, 4) is 0 Å². The first-order valence-electron chi connectivity index (χ1n) is 8.49. The van der Waals surface area contributed by atoms with E-state index in [1.165, 1.54) is 11.9 Å². The Morgan fingerprint density at radius 2 is 1.73 bits per heavy atom. The molecular formula is C18H21N5O3. The molecule has 1 saturated heterocycles. The van der Waals surface area contributed by atoms with Crippen LogP contribution in [0.3, 0.4) is 0 Å². The highest BCUT2D eigenvalue weighted by atomic mass is 16.4. The minimum absolute atomic E-state index is 0.0982. The van der Waals surface area contributed by atoms with Crippen LogP contribution in [0.1, 0.15) is 16.8 Å². The van der Waals surface area contributed by atoms with Gasteiger partial charge < -0.3 is 20.2 Å². The molecular weight excluding hydrogens is 334 g/mol. The average molecular weight is 355 g/mol. The number of pyridine rings is 2. The lowest BCUT2D eigenvalue weighted by molar-refractivity contribution is -0.136. The summed E-state index contributed by atoms with van der Waals surface area (Å²) < 4.78 is 0. The number of amides is 1. The number of hydrogen-bond acceptors (Lipinski definition) is 6. The fraction of sp³-hybridized carbons (Fsp3) is 0.333. The lowest BCUT2D eigenvalue weighted by atomic mass is 10.2. The second kappa shape index (κ2) is 8.28. The molecule has 0 spiro atoms. The largest absolute Gasteiger partial charge is 0.481 e. The third kappa shape index (κ3) is 4.47. The molecule has 0 bridgehead atoms. The molecule has 8 heteroatoms. The predicted molar refractivity (Wildman–Crippen MR) is 97.5 cm³/mol. The Morgan fingerprint density at radius 3 is 2.35 bits per heavy atom. The van der Waals surface area contributed by atoms with Crippen molar-refractivity contribution in [3.05, 3.63) is 48.4 Å². The number of hydrogen-bond donors (Lipinski definition) is 2. The van der Waals surface area contributed by atoms with Crippen LogP contribution in [0.5, 0.6) is 0 Å². The third-order valence-electron chi connectivity index (χ3n) is 4.27. The average Bonchev–Trinajstić information content (AvgIpc) is 2.68. The summed E-state index contributed by atoms with van der Waals surface area (Å²) in [6.07, 6.45) is 5.02. The molecule has 3 rings (SSSR count). The van der Waals surface area contributed by atoms with Gasteiger partial charge in [0.1, 0.15) is 5.82 Å². The Bertz CT molecular complexity index is 743. The van der Waals surface area contributed by atoms with Gasteiger partial charge in [0.15, 0.2) is 0 Å². The maximum Gasteiger partial charge on any atom is 0.305 e. The van der Waals surface area contributed by atoms with Crippen molar-refractivity contribution in [1.29, 1.82) is 0 Å². The number of nitrogens with zero attached hydrogens (tertiary/aromatic N) is 4. The number of carbonyl (C=O) groups is 2. The molecule has 0 unspecified atom stereocenters. The van der Waals surface area contributed by atoms with Gasteiger partial charge in [-0.1, -0.05) is 0 Å². The van der Waals surface area contributed by atoms with E-state index in [2.05, 4.69) is 25.1 Å². The van der Waals surface area contributed by atoms with Crippen molar-refractivity contribution in [2.45, 2.75) is 6.42 Å². The van der Waals surface area contributed by atoms with Crippen LogP contribution < -0.4 is 15.1 Å². The molecule has 1 aliphatic rings. The topological polar surface area (TPSA) is 98.7 Å². The van der Waals surface area contributed by atoms with Crippen molar-refractivity contribution in [1.82, 2.24) is 15.3 Å². The molecule has 1 amide bonds. The maximum atomic E-state index is 11.9. The first-order valence-corrected chi connectivity index (χ1v) is 8.49. The second-order valence-corrected chi connectivity index (χ2v) is 5.98. The van der Waals surface area contributed by atoms with Crippen molar-refractivity contribution in [2.24, 2.45) is 0 Å². The summed E-state index contributed by atoms with van der Waals surface area (Å²) in [4.78, 5) is 35.3. The van der Waals surface area contributed by atoms with Gasteiger partial charge in [-0.25, -0.2) is 4.98 Å². The third-order valence-corrected chi connectivity index (χ3v) is 4.27.